The van der Waals surface area contributed by atoms with Gasteiger partial charge in [0.25, 0.3) is 0 Å². The van der Waals surface area contributed by atoms with Crippen LogP contribution in [0.3, 0.4) is 0 Å². The summed E-state index contributed by atoms with van der Waals surface area (Å²) in [5.41, 5.74) is 0.115. The van der Waals surface area contributed by atoms with Crippen LogP contribution < -0.4 is 0 Å². The van der Waals surface area contributed by atoms with Gasteiger partial charge in [-0.05, 0) is 46.3 Å². The fourth-order valence-corrected chi connectivity index (χ4v) is 3.86. The molecule has 1 aromatic rings. The predicted molar refractivity (Wildman–Crippen MR) is 63.6 cm³/mol. The molecule has 78 valence electrons. The summed E-state index contributed by atoms with van der Waals surface area (Å²) in [6, 6.07) is 4.05. The molecule has 1 heterocycles. The van der Waals surface area contributed by atoms with Crippen LogP contribution in [0.4, 0.5) is 0 Å². The zero-order valence-electron chi connectivity index (χ0n) is 8.29. The van der Waals surface area contributed by atoms with Gasteiger partial charge in [0.1, 0.15) is 0 Å². The molecule has 1 saturated carbocycles. The maximum atomic E-state index is 10.3. The highest BCUT2D eigenvalue weighted by Crippen LogP contribution is 2.48. The first-order valence-electron chi connectivity index (χ1n) is 5.05. The van der Waals surface area contributed by atoms with E-state index in [4.69, 9.17) is 0 Å². The minimum Gasteiger partial charge on any atom is -0.387 e. The number of thiophene rings is 1. The molecule has 0 bridgehead atoms. The van der Waals surface area contributed by atoms with Crippen LogP contribution in [0.15, 0.2) is 15.9 Å². The van der Waals surface area contributed by atoms with E-state index >= 15 is 0 Å². The van der Waals surface area contributed by atoms with Gasteiger partial charge in [-0.25, -0.2) is 0 Å². The molecule has 0 aliphatic heterocycles. The highest BCUT2D eigenvalue weighted by atomic mass is 79.9. The normalized spacial score (nSPS) is 22.5. The Hall–Kier alpha value is 0.140. The molecule has 0 radical (unpaired) electrons. The molecule has 0 amide bonds. The average Bonchev–Trinajstić information content (AvgIpc) is 2.74. The highest BCUT2D eigenvalue weighted by Gasteiger charge is 2.37. The van der Waals surface area contributed by atoms with Gasteiger partial charge in [-0.3, -0.25) is 0 Å². The summed E-state index contributed by atoms with van der Waals surface area (Å²) in [5.74, 6) is 0. The number of rotatable bonds is 2. The van der Waals surface area contributed by atoms with Gasteiger partial charge in [-0.2, -0.15) is 0 Å². The van der Waals surface area contributed by atoms with Crippen LogP contribution in [0.5, 0.6) is 0 Å². The topological polar surface area (TPSA) is 20.2 Å². The number of aliphatic hydroxyl groups is 1. The van der Waals surface area contributed by atoms with Crippen molar-refractivity contribution in [1.82, 2.24) is 0 Å². The quantitative estimate of drug-likeness (QED) is 0.860. The molecular formula is C11H15BrOS. The van der Waals surface area contributed by atoms with Crippen LogP contribution in [0.2, 0.25) is 0 Å². The zero-order chi connectivity index (χ0) is 10.2. The van der Waals surface area contributed by atoms with E-state index in [-0.39, 0.29) is 11.5 Å². The van der Waals surface area contributed by atoms with E-state index in [0.717, 1.165) is 21.5 Å². The lowest BCUT2D eigenvalue weighted by Gasteiger charge is -2.29. The van der Waals surface area contributed by atoms with Gasteiger partial charge in [0.15, 0.2) is 0 Å². The van der Waals surface area contributed by atoms with Gasteiger partial charge >= 0.3 is 0 Å². The molecule has 3 heteroatoms. The summed E-state index contributed by atoms with van der Waals surface area (Å²) in [4.78, 5) is 1.10. The van der Waals surface area contributed by atoms with Crippen LogP contribution >= 0.6 is 27.3 Å². The number of hydrogen-bond acceptors (Lipinski definition) is 2. The second-order valence-corrected chi connectivity index (χ2v) is 6.90. The molecule has 0 spiro atoms. The maximum Gasteiger partial charge on any atom is 0.0935 e. The summed E-state index contributed by atoms with van der Waals surface area (Å²) in [5, 5.41) is 10.3. The molecule has 1 aromatic heterocycles. The molecule has 1 unspecified atom stereocenters. The van der Waals surface area contributed by atoms with Crippen molar-refractivity contribution in [2.24, 2.45) is 5.41 Å². The van der Waals surface area contributed by atoms with E-state index in [0.29, 0.717) is 0 Å². The SMILES string of the molecule is CC1(C(O)c2ccc(Br)s2)CCCC1. The van der Waals surface area contributed by atoms with Crippen molar-refractivity contribution in [3.63, 3.8) is 0 Å². The second kappa shape index (κ2) is 3.95. The van der Waals surface area contributed by atoms with Crippen LogP contribution in [0.25, 0.3) is 0 Å². The lowest BCUT2D eigenvalue weighted by molar-refractivity contribution is 0.0437. The zero-order valence-corrected chi connectivity index (χ0v) is 10.7. The Kier molecular flexibility index (Phi) is 3.01. The van der Waals surface area contributed by atoms with Gasteiger partial charge in [0.2, 0.25) is 0 Å². The molecule has 1 aliphatic carbocycles. The largest absolute Gasteiger partial charge is 0.387 e. The lowest BCUT2D eigenvalue weighted by atomic mass is 9.82. The Morgan fingerprint density at radius 3 is 2.57 bits per heavy atom. The Balaban J connectivity index is 2.18. The van der Waals surface area contributed by atoms with E-state index in [1.807, 2.05) is 12.1 Å². The van der Waals surface area contributed by atoms with Crippen molar-refractivity contribution in [3.05, 3.63) is 20.8 Å². The van der Waals surface area contributed by atoms with Gasteiger partial charge in [-0.1, -0.05) is 19.8 Å². The monoisotopic (exact) mass is 274 g/mol. The van der Waals surface area contributed by atoms with Crippen LogP contribution in [-0.2, 0) is 0 Å². The summed E-state index contributed by atoms with van der Waals surface area (Å²) < 4.78 is 1.10. The van der Waals surface area contributed by atoms with Crippen molar-refractivity contribution >= 4 is 27.3 Å². The number of hydrogen-bond donors (Lipinski definition) is 1. The first-order valence-corrected chi connectivity index (χ1v) is 6.66. The average molecular weight is 275 g/mol. The molecule has 2 rings (SSSR count). The molecule has 1 atom stereocenters. The van der Waals surface area contributed by atoms with Crippen molar-refractivity contribution < 1.29 is 5.11 Å². The summed E-state index contributed by atoms with van der Waals surface area (Å²) >= 11 is 5.08. The molecule has 0 saturated heterocycles. The van der Waals surface area contributed by atoms with Crippen LogP contribution in [0.1, 0.15) is 43.6 Å². The molecule has 1 N–H and O–H groups in total. The second-order valence-electron chi connectivity index (χ2n) is 4.41. The van der Waals surface area contributed by atoms with E-state index in [9.17, 15) is 5.11 Å². The minimum atomic E-state index is -0.277. The minimum absolute atomic E-state index is 0.115. The predicted octanol–water partition coefficient (Wildman–Crippen LogP) is 4.12. The third kappa shape index (κ3) is 1.90. The maximum absolute atomic E-state index is 10.3. The Labute approximate surface area is 97.3 Å². The molecule has 1 aliphatic rings. The molecule has 14 heavy (non-hydrogen) atoms. The van der Waals surface area contributed by atoms with E-state index in [2.05, 4.69) is 22.9 Å². The van der Waals surface area contributed by atoms with E-state index in [1.54, 1.807) is 11.3 Å². The van der Waals surface area contributed by atoms with Gasteiger partial charge in [0.05, 0.1) is 9.89 Å². The lowest BCUT2D eigenvalue weighted by Crippen LogP contribution is -2.20. The molecule has 1 nitrogen and oxygen atoms in total. The van der Waals surface area contributed by atoms with Crippen molar-refractivity contribution in [2.45, 2.75) is 38.7 Å². The third-order valence-electron chi connectivity index (χ3n) is 3.27. The summed E-state index contributed by atoms with van der Waals surface area (Å²) in [6.07, 6.45) is 4.56. The van der Waals surface area contributed by atoms with E-state index in [1.165, 1.54) is 12.8 Å². The van der Waals surface area contributed by atoms with Crippen LogP contribution in [0, 0.1) is 5.41 Å². The summed E-state index contributed by atoms with van der Waals surface area (Å²) in [7, 11) is 0. The Morgan fingerprint density at radius 1 is 1.43 bits per heavy atom. The Morgan fingerprint density at radius 2 is 2.07 bits per heavy atom. The van der Waals surface area contributed by atoms with Gasteiger partial charge in [-0.15, -0.1) is 11.3 Å². The smallest absolute Gasteiger partial charge is 0.0935 e. The van der Waals surface area contributed by atoms with Crippen molar-refractivity contribution in [3.8, 4) is 0 Å². The standard InChI is InChI=1S/C11H15BrOS/c1-11(6-2-3-7-11)10(13)8-4-5-9(12)14-8/h4-5,10,13H,2-3,6-7H2,1H3. The Bertz CT molecular complexity index is 315. The van der Waals surface area contributed by atoms with Gasteiger partial charge in [0, 0.05) is 4.88 Å². The molecule has 0 aromatic carbocycles. The molecule has 1 fully saturated rings. The van der Waals surface area contributed by atoms with Crippen molar-refractivity contribution in [2.75, 3.05) is 0 Å². The molecular weight excluding hydrogens is 260 g/mol. The number of halogens is 1. The summed E-state index contributed by atoms with van der Waals surface area (Å²) in [6.45, 7) is 2.21. The van der Waals surface area contributed by atoms with Gasteiger partial charge < -0.3 is 5.11 Å². The van der Waals surface area contributed by atoms with Crippen LogP contribution in [-0.4, -0.2) is 5.11 Å². The number of aliphatic hydroxyl groups excluding tert-OH is 1. The van der Waals surface area contributed by atoms with E-state index < -0.39 is 0 Å². The fourth-order valence-electron chi connectivity index (χ4n) is 2.27. The highest BCUT2D eigenvalue weighted by molar-refractivity contribution is 9.11. The first kappa shape index (κ1) is 10.7. The third-order valence-corrected chi connectivity index (χ3v) is 4.95. The van der Waals surface area contributed by atoms with Crippen molar-refractivity contribution in [1.29, 1.82) is 0 Å². The first-order chi connectivity index (χ1) is 6.62. The fraction of sp³-hybridized carbons (Fsp3) is 0.636.